The Morgan fingerprint density at radius 3 is 2.57 bits per heavy atom. The molecular formula is C14H17Br2N3O2. The molecule has 0 atom stereocenters. The first-order valence-electron chi connectivity index (χ1n) is 6.60. The van der Waals surface area contributed by atoms with Gasteiger partial charge in [0.25, 0.3) is 5.91 Å². The van der Waals surface area contributed by atoms with E-state index in [1.165, 1.54) is 0 Å². The number of hydrogen-bond donors (Lipinski definition) is 2. The number of rotatable bonds is 2. The lowest BCUT2D eigenvalue weighted by Crippen LogP contribution is -2.47. The SMILES string of the molecule is CC1(/C(N)=N/O)CCN(C(=O)c2cc(Br)ccc2Br)CC1. The van der Waals surface area contributed by atoms with E-state index < -0.39 is 0 Å². The Morgan fingerprint density at radius 2 is 2.00 bits per heavy atom. The van der Waals surface area contributed by atoms with Crippen LogP contribution in [0.5, 0.6) is 0 Å². The maximum Gasteiger partial charge on any atom is 0.255 e. The van der Waals surface area contributed by atoms with Gasteiger partial charge >= 0.3 is 0 Å². The van der Waals surface area contributed by atoms with Gasteiger partial charge in [0, 0.05) is 27.4 Å². The maximum atomic E-state index is 12.6. The predicted octanol–water partition coefficient (Wildman–Crippen LogP) is 3.20. The molecule has 0 aliphatic carbocycles. The molecule has 0 saturated carbocycles. The summed E-state index contributed by atoms with van der Waals surface area (Å²) in [6.07, 6.45) is 1.36. The van der Waals surface area contributed by atoms with Crippen molar-refractivity contribution in [1.82, 2.24) is 4.90 Å². The number of likely N-dealkylation sites (tertiary alicyclic amines) is 1. The van der Waals surface area contributed by atoms with E-state index in [1.807, 2.05) is 25.1 Å². The van der Waals surface area contributed by atoms with Gasteiger partial charge in [0.2, 0.25) is 0 Å². The van der Waals surface area contributed by atoms with Gasteiger partial charge in [-0.2, -0.15) is 0 Å². The largest absolute Gasteiger partial charge is 0.409 e. The van der Waals surface area contributed by atoms with Crippen LogP contribution in [-0.2, 0) is 0 Å². The average Bonchev–Trinajstić information content (AvgIpc) is 2.49. The van der Waals surface area contributed by atoms with Crippen molar-refractivity contribution in [3.05, 3.63) is 32.7 Å². The Labute approximate surface area is 140 Å². The van der Waals surface area contributed by atoms with Crippen molar-refractivity contribution in [2.45, 2.75) is 19.8 Å². The lowest BCUT2D eigenvalue weighted by Gasteiger charge is -2.38. The summed E-state index contributed by atoms with van der Waals surface area (Å²) in [6.45, 7) is 3.13. The Balaban J connectivity index is 2.12. The van der Waals surface area contributed by atoms with Crippen LogP contribution in [0, 0.1) is 5.41 Å². The van der Waals surface area contributed by atoms with Crippen LogP contribution in [0.1, 0.15) is 30.1 Å². The number of carbonyl (C=O) groups is 1. The molecule has 0 radical (unpaired) electrons. The van der Waals surface area contributed by atoms with E-state index in [9.17, 15) is 4.79 Å². The topological polar surface area (TPSA) is 78.9 Å². The van der Waals surface area contributed by atoms with Gasteiger partial charge in [-0.1, -0.05) is 28.0 Å². The third kappa shape index (κ3) is 3.40. The fourth-order valence-corrected chi connectivity index (χ4v) is 3.19. The van der Waals surface area contributed by atoms with E-state index in [-0.39, 0.29) is 17.2 Å². The summed E-state index contributed by atoms with van der Waals surface area (Å²) in [5, 5.41) is 12.0. The molecule has 1 heterocycles. The Kier molecular flexibility index (Phi) is 4.93. The van der Waals surface area contributed by atoms with Crippen molar-refractivity contribution in [2.24, 2.45) is 16.3 Å². The van der Waals surface area contributed by atoms with E-state index >= 15 is 0 Å². The molecule has 21 heavy (non-hydrogen) atoms. The molecule has 0 aromatic heterocycles. The number of amidine groups is 1. The molecule has 1 aromatic carbocycles. The quantitative estimate of drug-likeness (QED) is 0.335. The molecule has 1 saturated heterocycles. The smallest absolute Gasteiger partial charge is 0.255 e. The molecule has 114 valence electrons. The average molecular weight is 419 g/mol. The fourth-order valence-electron chi connectivity index (χ4n) is 2.41. The first-order valence-corrected chi connectivity index (χ1v) is 8.18. The highest BCUT2D eigenvalue weighted by Gasteiger charge is 2.36. The fraction of sp³-hybridized carbons (Fsp3) is 0.429. The summed E-state index contributed by atoms with van der Waals surface area (Å²) in [5.41, 5.74) is 6.03. The molecule has 1 amide bonds. The lowest BCUT2D eigenvalue weighted by atomic mass is 9.79. The molecule has 1 aliphatic rings. The monoisotopic (exact) mass is 417 g/mol. The third-order valence-electron chi connectivity index (χ3n) is 4.04. The Bertz CT molecular complexity index is 582. The van der Waals surface area contributed by atoms with Gasteiger partial charge in [0.15, 0.2) is 0 Å². The molecule has 0 unspecified atom stereocenters. The molecule has 3 N–H and O–H groups in total. The lowest BCUT2D eigenvalue weighted by molar-refractivity contribution is 0.0665. The third-order valence-corrected chi connectivity index (χ3v) is 5.22. The summed E-state index contributed by atoms with van der Waals surface area (Å²) in [6, 6.07) is 5.54. The number of nitrogens with zero attached hydrogens (tertiary/aromatic N) is 2. The van der Waals surface area contributed by atoms with Gasteiger partial charge in [0.1, 0.15) is 5.84 Å². The van der Waals surface area contributed by atoms with Gasteiger partial charge in [-0.05, 0) is 47.0 Å². The van der Waals surface area contributed by atoms with Crippen LogP contribution in [0.25, 0.3) is 0 Å². The molecule has 2 rings (SSSR count). The molecule has 7 heteroatoms. The number of amides is 1. The Morgan fingerprint density at radius 1 is 1.38 bits per heavy atom. The summed E-state index contributed by atoms with van der Waals surface area (Å²) < 4.78 is 1.65. The summed E-state index contributed by atoms with van der Waals surface area (Å²) >= 11 is 6.80. The highest BCUT2D eigenvalue weighted by atomic mass is 79.9. The van der Waals surface area contributed by atoms with Crippen LogP contribution in [0.15, 0.2) is 32.3 Å². The minimum absolute atomic E-state index is 0.00951. The minimum Gasteiger partial charge on any atom is -0.409 e. The first kappa shape index (κ1) is 16.3. The van der Waals surface area contributed by atoms with Crippen molar-refractivity contribution in [3.8, 4) is 0 Å². The van der Waals surface area contributed by atoms with E-state index in [0.29, 0.717) is 31.5 Å². The molecule has 5 nitrogen and oxygen atoms in total. The number of oxime groups is 1. The summed E-state index contributed by atoms with van der Waals surface area (Å²) in [7, 11) is 0. The van der Waals surface area contributed by atoms with Crippen molar-refractivity contribution < 1.29 is 10.0 Å². The molecule has 1 fully saturated rings. The van der Waals surface area contributed by atoms with Crippen molar-refractivity contribution >= 4 is 43.6 Å². The van der Waals surface area contributed by atoms with E-state index in [1.54, 1.807) is 4.90 Å². The number of hydrogen-bond acceptors (Lipinski definition) is 3. The zero-order valence-electron chi connectivity index (χ0n) is 11.6. The van der Waals surface area contributed by atoms with Crippen molar-refractivity contribution in [2.75, 3.05) is 13.1 Å². The number of halogens is 2. The van der Waals surface area contributed by atoms with E-state index in [0.717, 1.165) is 8.95 Å². The molecule has 1 aromatic rings. The maximum absolute atomic E-state index is 12.6. The molecule has 0 spiro atoms. The highest BCUT2D eigenvalue weighted by molar-refractivity contribution is 9.11. The second-order valence-electron chi connectivity index (χ2n) is 5.46. The van der Waals surface area contributed by atoms with Crippen LogP contribution < -0.4 is 5.73 Å². The van der Waals surface area contributed by atoms with Crippen LogP contribution >= 0.6 is 31.9 Å². The summed E-state index contributed by atoms with van der Waals surface area (Å²) in [4.78, 5) is 14.4. The minimum atomic E-state index is -0.347. The zero-order chi connectivity index (χ0) is 15.6. The molecule has 0 bridgehead atoms. The van der Waals surface area contributed by atoms with Crippen LogP contribution in [0.2, 0.25) is 0 Å². The van der Waals surface area contributed by atoms with Crippen LogP contribution in [-0.4, -0.2) is 34.9 Å². The highest BCUT2D eigenvalue weighted by Crippen LogP contribution is 2.32. The van der Waals surface area contributed by atoms with Crippen molar-refractivity contribution in [3.63, 3.8) is 0 Å². The Hall–Kier alpha value is -1.08. The van der Waals surface area contributed by atoms with Gasteiger partial charge in [0.05, 0.1) is 5.56 Å². The normalized spacial score (nSPS) is 18.6. The number of piperidine rings is 1. The molecular weight excluding hydrogens is 402 g/mol. The molecule has 1 aliphatic heterocycles. The van der Waals surface area contributed by atoms with Gasteiger partial charge in [-0.15, -0.1) is 0 Å². The first-order chi connectivity index (χ1) is 9.87. The predicted molar refractivity (Wildman–Crippen MR) is 88.5 cm³/mol. The second kappa shape index (κ2) is 6.36. The second-order valence-corrected chi connectivity index (χ2v) is 7.23. The number of benzene rings is 1. The van der Waals surface area contributed by atoms with Gasteiger partial charge < -0.3 is 15.8 Å². The van der Waals surface area contributed by atoms with E-state index in [4.69, 9.17) is 10.9 Å². The van der Waals surface area contributed by atoms with Crippen LogP contribution in [0.3, 0.4) is 0 Å². The number of nitrogens with two attached hydrogens (primary N) is 1. The van der Waals surface area contributed by atoms with Gasteiger partial charge in [-0.25, -0.2) is 0 Å². The van der Waals surface area contributed by atoms with Crippen LogP contribution in [0.4, 0.5) is 0 Å². The van der Waals surface area contributed by atoms with E-state index in [2.05, 4.69) is 37.0 Å². The standard InChI is InChI=1S/C14H17Br2N3O2/c1-14(13(17)18-21)4-6-19(7-5-14)12(20)10-8-9(15)2-3-11(10)16/h2-3,8,21H,4-7H2,1H3,(H2,17,18). The zero-order valence-corrected chi connectivity index (χ0v) is 14.8. The number of carbonyl (C=O) groups excluding carboxylic acids is 1. The van der Waals surface area contributed by atoms with Gasteiger partial charge in [-0.3, -0.25) is 4.79 Å². The summed E-state index contributed by atoms with van der Waals surface area (Å²) in [5.74, 6) is 0.225. The van der Waals surface area contributed by atoms with Crippen molar-refractivity contribution in [1.29, 1.82) is 0 Å².